The van der Waals surface area contributed by atoms with Crippen LogP contribution in [-0.4, -0.2) is 78.8 Å². The summed E-state index contributed by atoms with van der Waals surface area (Å²) in [6.45, 7) is 6.35. The first-order chi connectivity index (χ1) is 15.9. The number of hydrogen-bond donors (Lipinski definition) is 2. The van der Waals surface area contributed by atoms with Gasteiger partial charge in [0.1, 0.15) is 5.69 Å². The normalized spacial score (nSPS) is 13.3. The molecule has 0 atom stereocenters. The van der Waals surface area contributed by atoms with E-state index in [0.717, 1.165) is 25.9 Å². The molecule has 2 amide bonds. The third-order valence-corrected chi connectivity index (χ3v) is 5.28. The van der Waals surface area contributed by atoms with Crippen molar-refractivity contribution in [3.05, 3.63) is 41.7 Å². The highest BCUT2D eigenvalue weighted by Gasteiger charge is 2.22. The number of hydrogen-bond acceptors (Lipinski definition) is 6. The minimum Gasteiger partial charge on any atom is -0.490 e. The number of aromatic amines is 1. The Labute approximate surface area is 194 Å². The summed E-state index contributed by atoms with van der Waals surface area (Å²) < 4.78 is 11.1. The number of benzene rings is 1. The summed E-state index contributed by atoms with van der Waals surface area (Å²) >= 11 is 0. The average molecular weight is 457 g/mol. The Balaban J connectivity index is 1.52. The van der Waals surface area contributed by atoms with Gasteiger partial charge in [-0.25, -0.2) is 0 Å². The number of ether oxygens (including phenoxy) is 2. The van der Waals surface area contributed by atoms with Crippen molar-refractivity contribution in [2.45, 2.75) is 26.7 Å². The molecule has 1 aromatic carbocycles. The van der Waals surface area contributed by atoms with Gasteiger partial charge in [0.2, 0.25) is 5.91 Å². The maximum Gasteiger partial charge on any atom is 0.270 e. The van der Waals surface area contributed by atoms with E-state index in [-0.39, 0.29) is 30.7 Å². The van der Waals surface area contributed by atoms with Gasteiger partial charge >= 0.3 is 0 Å². The summed E-state index contributed by atoms with van der Waals surface area (Å²) in [7, 11) is 1.70. The largest absolute Gasteiger partial charge is 0.490 e. The summed E-state index contributed by atoms with van der Waals surface area (Å²) in [6.07, 6.45) is 3.57. The summed E-state index contributed by atoms with van der Waals surface area (Å²) in [5.74, 6) is 0.681. The summed E-state index contributed by atoms with van der Waals surface area (Å²) in [5.41, 5.74) is 1.43. The molecule has 178 valence electrons. The van der Waals surface area contributed by atoms with Gasteiger partial charge in [-0.3, -0.25) is 19.3 Å². The van der Waals surface area contributed by atoms with Crippen LogP contribution >= 0.6 is 0 Å². The lowest BCUT2D eigenvalue weighted by atomic mass is 10.2. The van der Waals surface area contributed by atoms with Gasteiger partial charge in [-0.1, -0.05) is 0 Å². The first kappa shape index (κ1) is 24.3. The van der Waals surface area contributed by atoms with Gasteiger partial charge in [-0.05, 0) is 51.9 Å². The second-order valence-corrected chi connectivity index (χ2v) is 7.97. The molecule has 0 aliphatic carbocycles. The number of likely N-dealkylation sites (N-methyl/N-ethyl adjacent to an activating group) is 1. The van der Waals surface area contributed by atoms with E-state index in [1.165, 1.54) is 0 Å². The van der Waals surface area contributed by atoms with Gasteiger partial charge < -0.3 is 24.7 Å². The van der Waals surface area contributed by atoms with E-state index in [1.807, 2.05) is 13.8 Å². The highest BCUT2D eigenvalue weighted by Crippen LogP contribution is 2.30. The molecule has 1 saturated heterocycles. The number of nitrogens with one attached hydrogen (secondary N) is 2. The van der Waals surface area contributed by atoms with Crippen molar-refractivity contribution in [1.82, 2.24) is 14.8 Å². The van der Waals surface area contributed by atoms with Gasteiger partial charge in [0.05, 0.1) is 26.3 Å². The minimum absolute atomic E-state index is 0.0346. The fourth-order valence-corrected chi connectivity index (χ4v) is 3.74. The third kappa shape index (κ3) is 6.58. The molecule has 2 N–H and O–H groups in total. The zero-order chi connectivity index (χ0) is 23.8. The van der Waals surface area contributed by atoms with Crippen LogP contribution in [-0.2, 0) is 4.79 Å². The smallest absolute Gasteiger partial charge is 0.270 e. The number of Topliss-reactive ketones (excluding diaryl/α,β-unsaturated/α-hetero) is 1. The highest BCUT2D eigenvalue weighted by molar-refractivity contribution is 6.01. The standard InChI is InChI=1S/C24H32N4O5/c1-4-32-21-9-8-18(13-22(21)33-5-2)26-23(30)16-27(3)15-20(29)17-12-19(25-14-17)24(31)28-10-6-7-11-28/h8-9,12-14,25H,4-7,10-11,15-16H2,1-3H3,(H,26,30). The topological polar surface area (TPSA) is 104 Å². The molecule has 3 rings (SSSR count). The van der Waals surface area contributed by atoms with Gasteiger partial charge in [-0.15, -0.1) is 0 Å². The van der Waals surface area contributed by atoms with Crippen molar-refractivity contribution in [1.29, 1.82) is 0 Å². The van der Waals surface area contributed by atoms with Gasteiger partial charge in [0.25, 0.3) is 5.91 Å². The van der Waals surface area contributed by atoms with E-state index in [2.05, 4.69) is 10.3 Å². The van der Waals surface area contributed by atoms with Crippen LogP contribution in [0.4, 0.5) is 5.69 Å². The molecule has 9 heteroatoms. The predicted octanol–water partition coefficient (Wildman–Crippen LogP) is 2.80. The van der Waals surface area contributed by atoms with E-state index >= 15 is 0 Å². The van der Waals surface area contributed by atoms with E-state index in [1.54, 1.807) is 47.3 Å². The number of likely N-dealkylation sites (tertiary alicyclic amines) is 1. The van der Waals surface area contributed by atoms with Crippen LogP contribution in [0.3, 0.4) is 0 Å². The quantitative estimate of drug-likeness (QED) is 0.504. The van der Waals surface area contributed by atoms with E-state index in [0.29, 0.717) is 41.7 Å². The van der Waals surface area contributed by atoms with Crippen LogP contribution in [0.1, 0.15) is 47.5 Å². The number of nitrogens with zero attached hydrogens (tertiary/aromatic N) is 2. The Morgan fingerprint density at radius 3 is 2.42 bits per heavy atom. The van der Waals surface area contributed by atoms with Crippen LogP contribution < -0.4 is 14.8 Å². The SMILES string of the molecule is CCOc1ccc(NC(=O)CN(C)CC(=O)c2c[nH]c(C(=O)N3CCCC3)c2)cc1OCC. The maximum atomic E-state index is 12.6. The molecule has 1 aliphatic rings. The number of carbonyl (C=O) groups is 3. The molecule has 2 heterocycles. The summed E-state index contributed by atoms with van der Waals surface area (Å²) in [5, 5.41) is 2.82. The van der Waals surface area contributed by atoms with E-state index < -0.39 is 0 Å². The zero-order valence-electron chi connectivity index (χ0n) is 19.5. The highest BCUT2D eigenvalue weighted by atomic mass is 16.5. The van der Waals surface area contributed by atoms with Gasteiger partial charge in [-0.2, -0.15) is 0 Å². The molecule has 33 heavy (non-hydrogen) atoms. The Bertz CT molecular complexity index is 981. The Morgan fingerprint density at radius 1 is 1.03 bits per heavy atom. The van der Waals surface area contributed by atoms with Crippen molar-refractivity contribution in [2.75, 3.05) is 51.8 Å². The number of rotatable bonds is 11. The molecule has 0 bridgehead atoms. The zero-order valence-corrected chi connectivity index (χ0v) is 19.5. The number of H-pyrrole nitrogens is 1. The molecule has 9 nitrogen and oxygen atoms in total. The number of aromatic nitrogens is 1. The lowest BCUT2D eigenvalue weighted by Gasteiger charge is -2.16. The molecular weight excluding hydrogens is 424 g/mol. The maximum absolute atomic E-state index is 12.6. The fourth-order valence-electron chi connectivity index (χ4n) is 3.74. The first-order valence-electron chi connectivity index (χ1n) is 11.3. The van der Waals surface area contributed by atoms with Gasteiger partial charge in [0.15, 0.2) is 17.3 Å². The monoisotopic (exact) mass is 456 g/mol. The van der Waals surface area contributed by atoms with Crippen molar-refractivity contribution < 1.29 is 23.9 Å². The second kappa shape index (κ2) is 11.5. The van der Waals surface area contributed by atoms with Crippen LogP contribution in [0.5, 0.6) is 11.5 Å². The molecule has 1 fully saturated rings. The molecule has 1 aliphatic heterocycles. The molecule has 0 radical (unpaired) electrons. The van der Waals surface area contributed by atoms with Crippen molar-refractivity contribution >= 4 is 23.3 Å². The molecule has 0 saturated carbocycles. The number of ketones is 1. The lowest BCUT2D eigenvalue weighted by molar-refractivity contribution is -0.116. The Kier molecular flexibility index (Phi) is 8.48. The first-order valence-corrected chi connectivity index (χ1v) is 11.3. The van der Waals surface area contributed by atoms with Crippen molar-refractivity contribution in [3.8, 4) is 11.5 Å². The van der Waals surface area contributed by atoms with Crippen molar-refractivity contribution in [2.24, 2.45) is 0 Å². The van der Waals surface area contributed by atoms with Crippen LogP contribution in [0.25, 0.3) is 0 Å². The Morgan fingerprint density at radius 2 is 1.73 bits per heavy atom. The Hall–Kier alpha value is -3.33. The van der Waals surface area contributed by atoms with Crippen molar-refractivity contribution in [3.63, 3.8) is 0 Å². The number of carbonyl (C=O) groups excluding carboxylic acids is 3. The van der Waals surface area contributed by atoms with Crippen LogP contribution in [0, 0.1) is 0 Å². The number of anilines is 1. The summed E-state index contributed by atoms with van der Waals surface area (Å²) in [6, 6.07) is 6.81. The fraction of sp³-hybridized carbons (Fsp3) is 0.458. The van der Waals surface area contributed by atoms with Crippen LogP contribution in [0.15, 0.2) is 30.5 Å². The summed E-state index contributed by atoms with van der Waals surface area (Å²) in [4.78, 5) is 43.9. The lowest BCUT2D eigenvalue weighted by Crippen LogP contribution is -2.34. The average Bonchev–Trinajstić information content (AvgIpc) is 3.48. The second-order valence-electron chi connectivity index (χ2n) is 7.97. The predicted molar refractivity (Wildman–Crippen MR) is 125 cm³/mol. The molecular formula is C24H32N4O5. The minimum atomic E-state index is -0.254. The van der Waals surface area contributed by atoms with Crippen LogP contribution in [0.2, 0.25) is 0 Å². The molecule has 0 unspecified atom stereocenters. The van der Waals surface area contributed by atoms with E-state index in [4.69, 9.17) is 9.47 Å². The number of amides is 2. The molecule has 2 aromatic rings. The molecule has 1 aromatic heterocycles. The van der Waals surface area contributed by atoms with Gasteiger partial charge in [0, 0.05) is 36.6 Å². The third-order valence-electron chi connectivity index (χ3n) is 5.28. The molecule has 0 spiro atoms. The van der Waals surface area contributed by atoms with E-state index in [9.17, 15) is 14.4 Å².